The maximum atomic E-state index is 15.2. The zero-order valence-electron chi connectivity index (χ0n) is 17.9. The van der Waals surface area contributed by atoms with Crippen molar-refractivity contribution in [3.8, 4) is 6.07 Å². The number of nitrogens with zero attached hydrogens (tertiary/aromatic N) is 5. The Morgan fingerprint density at radius 3 is 2.76 bits per heavy atom. The smallest absolute Gasteiger partial charge is 0.165 e. The molecule has 33 heavy (non-hydrogen) atoms. The fraction of sp³-hybridized carbons (Fsp3) is 0.417. The van der Waals surface area contributed by atoms with Crippen molar-refractivity contribution in [1.29, 1.82) is 5.26 Å². The van der Waals surface area contributed by atoms with Crippen LogP contribution in [0.1, 0.15) is 37.2 Å². The molecule has 7 rings (SSSR count). The summed E-state index contributed by atoms with van der Waals surface area (Å²) in [5.41, 5.74) is 2.20. The molecule has 7 nitrogen and oxygen atoms in total. The van der Waals surface area contributed by atoms with Gasteiger partial charge in [0.05, 0.1) is 28.2 Å². The van der Waals surface area contributed by atoms with Crippen LogP contribution in [0.25, 0.3) is 11.0 Å². The van der Waals surface area contributed by atoms with Crippen molar-refractivity contribution >= 4 is 40.0 Å². The molecule has 4 aliphatic rings. The summed E-state index contributed by atoms with van der Waals surface area (Å²) in [4.78, 5) is 15.9. The summed E-state index contributed by atoms with van der Waals surface area (Å²) >= 11 is 6.39. The Bertz CT molecular complexity index is 1270. The van der Waals surface area contributed by atoms with E-state index in [1.807, 2.05) is 18.2 Å². The van der Waals surface area contributed by atoms with Crippen molar-refractivity contribution in [1.82, 2.24) is 20.3 Å². The standard InChI is InChI=1S/C24H23ClFN7/c25-21-17(16-4-1-13(16)9-27)5-6-18(22(21)26)31-24-23-19(29-12-30-24)7-8-20(32-23)33-11-14-2-3-15(33)10-28-14/h5-8,12-16,28H,1-4,10-11H2,(H,29,30,31)/t13?,14-,15-,16?/m0/s1. The van der Waals surface area contributed by atoms with Gasteiger partial charge in [-0.1, -0.05) is 17.7 Å². The van der Waals surface area contributed by atoms with Gasteiger partial charge in [0.25, 0.3) is 0 Å². The Balaban J connectivity index is 1.33. The van der Waals surface area contributed by atoms with Gasteiger partial charge in [0.2, 0.25) is 0 Å². The van der Waals surface area contributed by atoms with E-state index in [1.165, 1.54) is 12.7 Å². The van der Waals surface area contributed by atoms with Gasteiger partial charge in [-0.3, -0.25) is 0 Å². The van der Waals surface area contributed by atoms with Crippen molar-refractivity contribution in [3.05, 3.63) is 47.0 Å². The summed E-state index contributed by atoms with van der Waals surface area (Å²) in [6.45, 7) is 1.89. The minimum Gasteiger partial charge on any atom is -0.351 e. The lowest BCUT2D eigenvalue weighted by molar-refractivity contribution is 0.289. The average molecular weight is 464 g/mol. The molecule has 0 spiro atoms. The molecule has 1 aromatic carbocycles. The predicted molar refractivity (Wildman–Crippen MR) is 125 cm³/mol. The van der Waals surface area contributed by atoms with Crippen LogP contribution >= 0.6 is 11.6 Å². The highest BCUT2D eigenvalue weighted by Gasteiger charge is 2.35. The second kappa shape index (κ2) is 8.08. The normalized spacial score (nSPS) is 26.2. The Hall–Kier alpha value is -3.02. The van der Waals surface area contributed by atoms with E-state index in [-0.39, 0.29) is 22.5 Å². The molecule has 3 saturated heterocycles. The van der Waals surface area contributed by atoms with E-state index in [4.69, 9.17) is 16.6 Å². The molecule has 1 saturated carbocycles. The van der Waals surface area contributed by atoms with E-state index in [9.17, 15) is 5.26 Å². The zero-order valence-corrected chi connectivity index (χ0v) is 18.7. The first-order valence-electron chi connectivity index (χ1n) is 11.4. The quantitative estimate of drug-likeness (QED) is 0.588. The van der Waals surface area contributed by atoms with Gasteiger partial charge in [-0.2, -0.15) is 5.26 Å². The first kappa shape index (κ1) is 20.6. The summed E-state index contributed by atoms with van der Waals surface area (Å²) in [7, 11) is 0. The molecule has 168 valence electrons. The van der Waals surface area contributed by atoms with E-state index >= 15 is 4.39 Å². The van der Waals surface area contributed by atoms with Gasteiger partial charge in [-0.15, -0.1) is 0 Å². The first-order valence-corrected chi connectivity index (χ1v) is 11.8. The molecule has 1 aliphatic carbocycles. The van der Waals surface area contributed by atoms with Gasteiger partial charge in [0.15, 0.2) is 11.6 Å². The third-order valence-electron chi connectivity index (χ3n) is 7.31. The number of nitriles is 1. The number of nitrogens with one attached hydrogen (secondary N) is 2. The lowest BCUT2D eigenvalue weighted by Gasteiger charge is -2.46. The minimum absolute atomic E-state index is 0.00970. The maximum Gasteiger partial charge on any atom is 0.165 e. The molecule has 4 fully saturated rings. The Labute approximate surface area is 196 Å². The van der Waals surface area contributed by atoms with Crippen molar-refractivity contribution < 1.29 is 4.39 Å². The molecule has 2 N–H and O–H groups in total. The van der Waals surface area contributed by atoms with Crippen LogP contribution in [-0.2, 0) is 0 Å². The molecule has 3 aromatic rings. The van der Waals surface area contributed by atoms with E-state index in [1.54, 1.807) is 6.07 Å². The van der Waals surface area contributed by atoms with E-state index in [0.717, 1.165) is 38.2 Å². The number of pyridine rings is 1. The molecule has 4 atom stereocenters. The van der Waals surface area contributed by atoms with Crippen molar-refractivity contribution in [2.75, 3.05) is 23.3 Å². The maximum absolute atomic E-state index is 15.2. The number of hydrogen-bond acceptors (Lipinski definition) is 7. The van der Waals surface area contributed by atoms with Crippen molar-refractivity contribution in [3.63, 3.8) is 0 Å². The van der Waals surface area contributed by atoms with Crippen molar-refractivity contribution in [2.24, 2.45) is 5.92 Å². The van der Waals surface area contributed by atoms with Gasteiger partial charge in [0, 0.05) is 31.1 Å². The van der Waals surface area contributed by atoms with Crippen LogP contribution in [0.2, 0.25) is 5.02 Å². The fourth-order valence-corrected chi connectivity index (χ4v) is 5.58. The molecular formula is C24H23ClFN7. The number of aromatic nitrogens is 3. The number of fused-ring (bicyclic) bond motifs is 4. The van der Waals surface area contributed by atoms with Crippen LogP contribution in [0.4, 0.5) is 21.7 Å². The average Bonchev–Trinajstić information content (AvgIpc) is 2.84. The summed E-state index contributed by atoms with van der Waals surface area (Å²) in [5, 5.41) is 16.0. The highest BCUT2D eigenvalue weighted by atomic mass is 35.5. The second-order valence-electron chi connectivity index (χ2n) is 9.12. The minimum atomic E-state index is -0.542. The van der Waals surface area contributed by atoms with Crippen molar-refractivity contribution in [2.45, 2.75) is 43.7 Å². The fourth-order valence-electron chi connectivity index (χ4n) is 5.27. The van der Waals surface area contributed by atoms with Gasteiger partial charge >= 0.3 is 0 Å². The molecule has 0 amide bonds. The summed E-state index contributed by atoms with van der Waals surface area (Å²) in [6.07, 6.45) is 5.46. The molecule has 5 heterocycles. The van der Waals surface area contributed by atoms with Gasteiger partial charge < -0.3 is 15.5 Å². The third-order valence-corrected chi connectivity index (χ3v) is 7.70. The van der Waals surface area contributed by atoms with Crippen LogP contribution in [0.3, 0.4) is 0 Å². The van der Waals surface area contributed by atoms with Crippen LogP contribution < -0.4 is 15.5 Å². The topological polar surface area (TPSA) is 89.8 Å². The van der Waals surface area contributed by atoms with Crippen LogP contribution in [0, 0.1) is 23.1 Å². The predicted octanol–water partition coefficient (Wildman–Crippen LogP) is 4.52. The first-order chi connectivity index (χ1) is 16.1. The number of piperazine rings is 1. The van der Waals surface area contributed by atoms with Crippen LogP contribution in [0.15, 0.2) is 30.6 Å². The lowest BCUT2D eigenvalue weighted by atomic mass is 9.71. The highest BCUT2D eigenvalue weighted by Crippen LogP contribution is 2.46. The second-order valence-corrected chi connectivity index (χ2v) is 9.50. The Morgan fingerprint density at radius 1 is 1.15 bits per heavy atom. The number of benzene rings is 1. The largest absolute Gasteiger partial charge is 0.351 e. The number of anilines is 3. The summed E-state index contributed by atoms with van der Waals surface area (Å²) in [5.74, 6) is 0.667. The highest BCUT2D eigenvalue weighted by molar-refractivity contribution is 6.32. The molecule has 2 unspecified atom stereocenters. The van der Waals surface area contributed by atoms with E-state index < -0.39 is 5.82 Å². The van der Waals surface area contributed by atoms with Gasteiger partial charge in [-0.05, 0) is 49.4 Å². The number of hydrogen-bond donors (Lipinski definition) is 2. The molecule has 0 radical (unpaired) electrons. The van der Waals surface area contributed by atoms with E-state index in [2.05, 4.69) is 31.6 Å². The van der Waals surface area contributed by atoms with Crippen LogP contribution in [-0.4, -0.2) is 40.1 Å². The third kappa shape index (κ3) is 3.47. The lowest BCUT2D eigenvalue weighted by Crippen LogP contribution is -2.61. The Kier molecular flexibility index (Phi) is 5.04. The molecule has 9 heteroatoms. The van der Waals surface area contributed by atoms with Crippen LogP contribution in [0.5, 0.6) is 0 Å². The monoisotopic (exact) mass is 463 g/mol. The van der Waals surface area contributed by atoms with E-state index in [0.29, 0.717) is 34.5 Å². The number of rotatable bonds is 4. The Morgan fingerprint density at radius 2 is 2.06 bits per heavy atom. The summed E-state index contributed by atoms with van der Waals surface area (Å²) in [6, 6.07) is 10.6. The van der Waals surface area contributed by atoms with Gasteiger partial charge in [0.1, 0.15) is 17.7 Å². The molecule has 3 aliphatic heterocycles. The molecule has 2 aromatic heterocycles. The molecule has 2 bridgehead atoms. The zero-order chi connectivity index (χ0) is 22.5. The number of piperidine rings is 2. The number of halogens is 2. The van der Waals surface area contributed by atoms with Gasteiger partial charge in [-0.25, -0.2) is 19.3 Å². The molecular weight excluding hydrogens is 441 g/mol. The summed E-state index contributed by atoms with van der Waals surface area (Å²) < 4.78 is 15.2. The SMILES string of the molecule is N#CC1CCC1c1ccc(Nc2ncnc3ccc(N4C[C@@H]5CC[C@H]4CN5)nc23)c(F)c1Cl.